The topological polar surface area (TPSA) is 38.9 Å². The molecule has 0 atom stereocenters. The molecule has 0 aliphatic rings. The maximum absolute atomic E-state index is 12.3. The molecule has 0 aliphatic carbocycles. The predicted octanol–water partition coefficient (Wildman–Crippen LogP) is 3.22. The third-order valence-electron chi connectivity index (χ3n) is 1.54. The molecule has 1 heterocycles. The first-order valence-electron chi connectivity index (χ1n) is 3.54. The Morgan fingerprint density at radius 1 is 1.33 bits per heavy atom. The van der Waals surface area contributed by atoms with Gasteiger partial charge in [0, 0.05) is 0 Å². The van der Waals surface area contributed by atoms with Crippen LogP contribution in [-0.4, -0.2) is 4.98 Å². The molecular formula is C7H4F5IN2. The molecule has 0 saturated carbocycles. The maximum atomic E-state index is 12.3. The standard InChI is InChI=1S/C7H4F5IN2/c8-5(9)4-2(7(10,11)12)1-3(14)6(13)15-4/h1,5H,14H2. The highest BCUT2D eigenvalue weighted by Crippen LogP contribution is 2.37. The van der Waals surface area contributed by atoms with Gasteiger partial charge in [-0.05, 0) is 28.7 Å². The van der Waals surface area contributed by atoms with Crippen LogP contribution in [-0.2, 0) is 6.18 Å². The van der Waals surface area contributed by atoms with E-state index in [2.05, 4.69) is 4.98 Å². The first kappa shape index (κ1) is 12.4. The number of hydrogen-bond donors (Lipinski definition) is 1. The van der Waals surface area contributed by atoms with Crippen LogP contribution in [0.4, 0.5) is 27.6 Å². The summed E-state index contributed by atoms with van der Waals surface area (Å²) in [5.74, 6) is 0. The number of halogens is 6. The summed E-state index contributed by atoms with van der Waals surface area (Å²) in [7, 11) is 0. The largest absolute Gasteiger partial charge is 0.418 e. The molecule has 0 bridgehead atoms. The molecule has 15 heavy (non-hydrogen) atoms. The van der Waals surface area contributed by atoms with E-state index in [4.69, 9.17) is 5.73 Å². The van der Waals surface area contributed by atoms with Crippen molar-refractivity contribution < 1.29 is 22.0 Å². The normalized spacial score (nSPS) is 12.2. The summed E-state index contributed by atoms with van der Waals surface area (Å²) < 4.78 is 61.3. The lowest BCUT2D eigenvalue weighted by Gasteiger charge is -2.12. The van der Waals surface area contributed by atoms with E-state index in [0.717, 1.165) is 0 Å². The second-order valence-electron chi connectivity index (χ2n) is 2.60. The first-order chi connectivity index (χ1) is 6.73. The van der Waals surface area contributed by atoms with E-state index in [1.165, 1.54) is 22.6 Å². The van der Waals surface area contributed by atoms with E-state index in [1.807, 2.05) is 0 Å². The second-order valence-corrected chi connectivity index (χ2v) is 3.62. The summed E-state index contributed by atoms with van der Waals surface area (Å²) in [5, 5.41) is 0. The van der Waals surface area contributed by atoms with Gasteiger partial charge >= 0.3 is 6.18 Å². The number of anilines is 1. The minimum atomic E-state index is -4.88. The van der Waals surface area contributed by atoms with Gasteiger partial charge in [0.25, 0.3) is 6.43 Å². The Kier molecular flexibility index (Phi) is 3.36. The van der Waals surface area contributed by atoms with Crippen LogP contribution in [0.2, 0.25) is 0 Å². The Bertz CT molecular complexity index is 376. The lowest BCUT2D eigenvalue weighted by atomic mass is 10.2. The van der Waals surface area contributed by atoms with E-state index < -0.39 is 23.9 Å². The van der Waals surface area contributed by atoms with Crippen molar-refractivity contribution >= 4 is 28.3 Å². The van der Waals surface area contributed by atoms with Gasteiger partial charge in [0.15, 0.2) is 0 Å². The number of hydrogen-bond acceptors (Lipinski definition) is 2. The number of nitrogen functional groups attached to an aromatic ring is 1. The van der Waals surface area contributed by atoms with Crippen molar-refractivity contribution in [3.63, 3.8) is 0 Å². The van der Waals surface area contributed by atoms with Gasteiger partial charge in [-0.15, -0.1) is 0 Å². The molecule has 0 amide bonds. The molecule has 1 aromatic heterocycles. The Balaban J connectivity index is 3.42. The van der Waals surface area contributed by atoms with Gasteiger partial charge in [-0.25, -0.2) is 13.8 Å². The summed E-state index contributed by atoms with van der Waals surface area (Å²) in [6.07, 6.45) is -8.16. The Morgan fingerprint density at radius 2 is 1.87 bits per heavy atom. The number of aromatic nitrogens is 1. The van der Waals surface area contributed by atoms with Crippen LogP contribution < -0.4 is 5.73 Å². The van der Waals surface area contributed by atoms with Crippen molar-refractivity contribution in [2.75, 3.05) is 5.73 Å². The number of nitrogens with zero attached hydrogens (tertiary/aromatic N) is 1. The highest BCUT2D eigenvalue weighted by atomic mass is 127. The van der Waals surface area contributed by atoms with E-state index in [1.54, 1.807) is 0 Å². The van der Waals surface area contributed by atoms with Crippen LogP contribution >= 0.6 is 22.6 Å². The van der Waals surface area contributed by atoms with E-state index in [0.29, 0.717) is 6.07 Å². The minimum Gasteiger partial charge on any atom is -0.397 e. The monoisotopic (exact) mass is 338 g/mol. The van der Waals surface area contributed by atoms with Crippen LogP contribution in [0, 0.1) is 3.70 Å². The third-order valence-corrected chi connectivity index (χ3v) is 2.41. The fourth-order valence-electron chi connectivity index (χ4n) is 0.913. The van der Waals surface area contributed by atoms with Crippen molar-refractivity contribution in [1.29, 1.82) is 0 Å². The molecular weight excluding hydrogens is 334 g/mol. The maximum Gasteiger partial charge on any atom is 0.418 e. The van der Waals surface area contributed by atoms with Crippen LogP contribution in [0.25, 0.3) is 0 Å². The molecule has 0 unspecified atom stereocenters. The predicted molar refractivity (Wildman–Crippen MR) is 51.3 cm³/mol. The average molecular weight is 338 g/mol. The molecule has 1 rings (SSSR count). The summed E-state index contributed by atoms with van der Waals surface area (Å²) in [5.41, 5.74) is 2.12. The van der Waals surface area contributed by atoms with Gasteiger partial charge in [0.1, 0.15) is 9.39 Å². The van der Waals surface area contributed by atoms with Crippen LogP contribution in [0.15, 0.2) is 6.07 Å². The highest BCUT2D eigenvalue weighted by molar-refractivity contribution is 14.1. The van der Waals surface area contributed by atoms with Gasteiger partial charge < -0.3 is 5.73 Å². The summed E-state index contributed by atoms with van der Waals surface area (Å²) in [6.45, 7) is 0. The third kappa shape index (κ3) is 2.67. The first-order valence-corrected chi connectivity index (χ1v) is 4.62. The van der Waals surface area contributed by atoms with Gasteiger partial charge in [0.05, 0.1) is 11.3 Å². The molecule has 0 saturated heterocycles. The van der Waals surface area contributed by atoms with E-state index >= 15 is 0 Å². The molecule has 0 aromatic carbocycles. The van der Waals surface area contributed by atoms with Gasteiger partial charge in [0.2, 0.25) is 0 Å². The zero-order valence-corrected chi connectivity index (χ0v) is 9.10. The van der Waals surface area contributed by atoms with Crippen LogP contribution in [0.5, 0.6) is 0 Å². The SMILES string of the molecule is Nc1cc(C(F)(F)F)c(C(F)F)nc1I. The highest BCUT2D eigenvalue weighted by Gasteiger charge is 2.37. The molecule has 1 aromatic rings. The number of nitrogens with two attached hydrogens (primary N) is 1. The molecule has 8 heteroatoms. The van der Waals surface area contributed by atoms with Crippen molar-refractivity contribution in [3.05, 3.63) is 21.0 Å². The molecule has 0 aliphatic heterocycles. The molecule has 0 radical (unpaired) electrons. The number of pyridine rings is 1. The molecule has 84 valence electrons. The summed E-state index contributed by atoms with van der Waals surface area (Å²) in [6, 6.07) is 0.469. The minimum absolute atomic E-state index is 0.0732. The van der Waals surface area contributed by atoms with E-state index in [-0.39, 0.29) is 9.39 Å². The quantitative estimate of drug-likeness (QED) is 0.485. The van der Waals surface area contributed by atoms with E-state index in [9.17, 15) is 22.0 Å². The van der Waals surface area contributed by atoms with Gasteiger partial charge in [-0.3, -0.25) is 0 Å². The Labute approximate surface area is 94.8 Å². The number of rotatable bonds is 1. The summed E-state index contributed by atoms with van der Waals surface area (Å²) >= 11 is 1.49. The van der Waals surface area contributed by atoms with Gasteiger partial charge in [-0.2, -0.15) is 13.2 Å². The number of alkyl halides is 5. The van der Waals surface area contributed by atoms with Crippen LogP contribution in [0.3, 0.4) is 0 Å². The lowest BCUT2D eigenvalue weighted by Crippen LogP contribution is -2.13. The van der Waals surface area contributed by atoms with Crippen molar-refractivity contribution in [1.82, 2.24) is 4.98 Å². The summed E-state index contributed by atoms with van der Waals surface area (Å²) in [4.78, 5) is 3.13. The van der Waals surface area contributed by atoms with Crippen molar-refractivity contribution in [2.24, 2.45) is 0 Å². The van der Waals surface area contributed by atoms with Gasteiger partial charge in [-0.1, -0.05) is 0 Å². The van der Waals surface area contributed by atoms with Crippen LogP contribution in [0.1, 0.15) is 17.7 Å². The zero-order valence-electron chi connectivity index (χ0n) is 6.95. The molecule has 2 nitrogen and oxygen atoms in total. The smallest absolute Gasteiger partial charge is 0.397 e. The Morgan fingerprint density at radius 3 is 2.27 bits per heavy atom. The fourth-order valence-corrected chi connectivity index (χ4v) is 1.33. The molecule has 0 fully saturated rings. The van der Waals surface area contributed by atoms with Crippen molar-refractivity contribution in [2.45, 2.75) is 12.6 Å². The average Bonchev–Trinajstić information content (AvgIpc) is 2.06. The lowest BCUT2D eigenvalue weighted by molar-refractivity contribution is -0.139. The molecule has 0 spiro atoms. The second kappa shape index (κ2) is 4.06. The fraction of sp³-hybridized carbons (Fsp3) is 0.286. The van der Waals surface area contributed by atoms with Crippen molar-refractivity contribution in [3.8, 4) is 0 Å². The zero-order chi connectivity index (χ0) is 11.8. The Hall–Kier alpha value is -0.670. The molecule has 2 N–H and O–H groups in total.